The quantitative estimate of drug-likeness (QED) is 0.821. The number of hydrogen-bond donors (Lipinski definition) is 1. The average Bonchev–Trinajstić information content (AvgIpc) is 2.11. The van der Waals surface area contributed by atoms with E-state index in [1.165, 1.54) is 12.1 Å². The molecule has 1 aromatic rings. The van der Waals surface area contributed by atoms with Gasteiger partial charge in [0.15, 0.2) is 6.23 Å². The Morgan fingerprint density at radius 2 is 2.07 bits per heavy atom. The minimum absolute atomic E-state index is 0.145. The fourth-order valence-electron chi connectivity index (χ4n) is 1.27. The summed E-state index contributed by atoms with van der Waals surface area (Å²) >= 11 is 0. The van der Waals surface area contributed by atoms with Crippen LogP contribution in [0.15, 0.2) is 24.3 Å². The van der Waals surface area contributed by atoms with Gasteiger partial charge in [0.1, 0.15) is 5.75 Å². The second-order valence-corrected chi connectivity index (χ2v) is 3.37. The molecule has 1 saturated heterocycles. The standard InChI is InChI=1S/C10H10F3NO/c11-10(12,13)7-2-1-3-8(6-7)15-9-4-5-14-9/h1-3,6,9,14H,4-5H2. The van der Waals surface area contributed by atoms with Gasteiger partial charge in [0.2, 0.25) is 0 Å². The molecule has 1 aromatic carbocycles. The van der Waals surface area contributed by atoms with E-state index >= 15 is 0 Å². The van der Waals surface area contributed by atoms with Gasteiger partial charge in [0.05, 0.1) is 5.56 Å². The van der Waals surface area contributed by atoms with Crippen LogP contribution in [-0.4, -0.2) is 12.8 Å². The van der Waals surface area contributed by atoms with Crippen molar-refractivity contribution < 1.29 is 17.9 Å². The van der Waals surface area contributed by atoms with E-state index in [-0.39, 0.29) is 12.0 Å². The van der Waals surface area contributed by atoms with Gasteiger partial charge >= 0.3 is 6.18 Å². The van der Waals surface area contributed by atoms with E-state index in [1.807, 2.05) is 0 Å². The van der Waals surface area contributed by atoms with Gasteiger partial charge in [-0.15, -0.1) is 0 Å². The van der Waals surface area contributed by atoms with Crippen LogP contribution in [0, 0.1) is 0 Å². The molecule has 0 aromatic heterocycles. The largest absolute Gasteiger partial charge is 0.475 e. The van der Waals surface area contributed by atoms with Crippen LogP contribution in [0.5, 0.6) is 5.75 Å². The van der Waals surface area contributed by atoms with Crippen molar-refractivity contribution in [3.63, 3.8) is 0 Å². The lowest BCUT2D eigenvalue weighted by molar-refractivity contribution is -0.137. The van der Waals surface area contributed by atoms with Crippen molar-refractivity contribution in [1.82, 2.24) is 5.32 Å². The highest BCUT2D eigenvalue weighted by atomic mass is 19.4. The van der Waals surface area contributed by atoms with Gasteiger partial charge < -0.3 is 4.74 Å². The highest BCUT2D eigenvalue weighted by Crippen LogP contribution is 2.31. The molecule has 0 bridgehead atoms. The zero-order chi connectivity index (χ0) is 10.9. The first-order valence-corrected chi connectivity index (χ1v) is 4.63. The molecule has 2 rings (SSSR count). The van der Waals surface area contributed by atoms with Crippen molar-refractivity contribution in [1.29, 1.82) is 0 Å². The smallest absolute Gasteiger partial charge is 0.416 e. The summed E-state index contributed by atoms with van der Waals surface area (Å²) in [6.07, 6.45) is -3.63. The van der Waals surface area contributed by atoms with Gasteiger partial charge in [-0.05, 0) is 18.2 Å². The molecule has 1 atom stereocenters. The van der Waals surface area contributed by atoms with E-state index in [1.54, 1.807) is 0 Å². The Bertz CT molecular complexity index is 347. The number of benzene rings is 1. The van der Waals surface area contributed by atoms with E-state index in [4.69, 9.17) is 4.74 Å². The van der Waals surface area contributed by atoms with Crippen LogP contribution in [0.2, 0.25) is 0 Å². The number of nitrogens with one attached hydrogen (secondary N) is 1. The Morgan fingerprint density at radius 1 is 1.33 bits per heavy atom. The van der Waals surface area contributed by atoms with Crippen LogP contribution in [0.1, 0.15) is 12.0 Å². The van der Waals surface area contributed by atoms with E-state index < -0.39 is 11.7 Å². The molecule has 1 aliphatic heterocycles. The molecule has 1 unspecified atom stereocenters. The Morgan fingerprint density at radius 3 is 2.60 bits per heavy atom. The van der Waals surface area contributed by atoms with Crippen LogP contribution < -0.4 is 10.1 Å². The number of alkyl halides is 3. The molecule has 0 spiro atoms. The molecule has 0 saturated carbocycles. The Labute approximate surface area is 85.0 Å². The first kappa shape index (κ1) is 10.3. The predicted octanol–water partition coefficient (Wildman–Crippen LogP) is 2.40. The third kappa shape index (κ3) is 2.41. The Balaban J connectivity index is 2.11. The monoisotopic (exact) mass is 217 g/mol. The van der Waals surface area contributed by atoms with Gasteiger partial charge in [0, 0.05) is 13.0 Å². The van der Waals surface area contributed by atoms with Crippen molar-refractivity contribution in [2.45, 2.75) is 18.8 Å². The fraction of sp³-hybridized carbons (Fsp3) is 0.400. The lowest BCUT2D eigenvalue weighted by Gasteiger charge is -2.28. The van der Waals surface area contributed by atoms with Crippen LogP contribution in [0.25, 0.3) is 0 Å². The van der Waals surface area contributed by atoms with Crippen molar-refractivity contribution in [3.8, 4) is 5.75 Å². The second-order valence-electron chi connectivity index (χ2n) is 3.37. The van der Waals surface area contributed by atoms with Gasteiger partial charge in [0.25, 0.3) is 0 Å². The molecular formula is C10H10F3NO. The average molecular weight is 217 g/mol. The molecule has 82 valence electrons. The number of hydrogen-bond acceptors (Lipinski definition) is 2. The molecule has 0 amide bonds. The SMILES string of the molecule is FC(F)(F)c1cccc(OC2CCN2)c1. The zero-order valence-corrected chi connectivity index (χ0v) is 7.84. The molecule has 1 aliphatic rings. The summed E-state index contributed by atoms with van der Waals surface area (Å²) in [4.78, 5) is 0. The van der Waals surface area contributed by atoms with E-state index in [0.717, 1.165) is 25.1 Å². The van der Waals surface area contributed by atoms with E-state index in [0.29, 0.717) is 0 Å². The summed E-state index contributed by atoms with van der Waals surface area (Å²) < 4.78 is 42.3. The molecule has 1 N–H and O–H groups in total. The maximum Gasteiger partial charge on any atom is 0.416 e. The van der Waals surface area contributed by atoms with Gasteiger partial charge in [-0.25, -0.2) is 0 Å². The number of rotatable bonds is 2. The minimum Gasteiger partial charge on any atom is -0.475 e. The van der Waals surface area contributed by atoms with Gasteiger partial charge in [-0.2, -0.15) is 13.2 Å². The lowest BCUT2D eigenvalue weighted by atomic mass is 10.2. The van der Waals surface area contributed by atoms with Crippen molar-refractivity contribution in [2.24, 2.45) is 0 Å². The molecular weight excluding hydrogens is 207 g/mol. The van der Waals surface area contributed by atoms with Crippen molar-refractivity contribution in [2.75, 3.05) is 6.54 Å². The third-order valence-corrected chi connectivity index (χ3v) is 2.22. The second kappa shape index (κ2) is 3.73. The van der Waals surface area contributed by atoms with Crippen molar-refractivity contribution in [3.05, 3.63) is 29.8 Å². The summed E-state index contributed by atoms with van der Waals surface area (Å²) in [5, 5.41) is 2.95. The van der Waals surface area contributed by atoms with Crippen LogP contribution in [0.4, 0.5) is 13.2 Å². The predicted molar refractivity (Wildman–Crippen MR) is 48.5 cm³/mol. The molecule has 1 fully saturated rings. The minimum atomic E-state index is -4.31. The summed E-state index contributed by atoms with van der Waals surface area (Å²) in [6, 6.07) is 4.91. The van der Waals surface area contributed by atoms with Crippen LogP contribution >= 0.6 is 0 Å². The molecule has 0 aliphatic carbocycles. The third-order valence-electron chi connectivity index (χ3n) is 2.22. The number of ether oxygens (including phenoxy) is 1. The molecule has 1 heterocycles. The Kier molecular flexibility index (Phi) is 2.56. The summed E-state index contributed by atoms with van der Waals surface area (Å²) in [7, 11) is 0. The highest BCUT2D eigenvalue weighted by molar-refractivity contribution is 5.30. The molecule has 15 heavy (non-hydrogen) atoms. The fourth-order valence-corrected chi connectivity index (χ4v) is 1.27. The lowest BCUT2D eigenvalue weighted by Crippen LogP contribution is -2.46. The topological polar surface area (TPSA) is 21.3 Å². The first-order valence-electron chi connectivity index (χ1n) is 4.63. The van der Waals surface area contributed by atoms with E-state index in [2.05, 4.69) is 5.32 Å². The van der Waals surface area contributed by atoms with Crippen molar-refractivity contribution >= 4 is 0 Å². The summed E-state index contributed by atoms with van der Waals surface area (Å²) in [5.41, 5.74) is -0.681. The maximum absolute atomic E-state index is 12.3. The molecule has 5 heteroatoms. The Hall–Kier alpha value is -1.23. The highest BCUT2D eigenvalue weighted by Gasteiger charge is 2.31. The normalized spacial score (nSPS) is 20.9. The van der Waals surface area contributed by atoms with Gasteiger partial charge in [-0.1, -0.05) is 6.07 Å². The summed E-state index contributed by atoms with van der Waals surface area (Å²) in [5.74, 6) is 0.252. The zero-order valence-electron chi connectivity index (χ0n) is 7.84. The summed E-state index contributed by atoms with van der Waals surface area (Å²) in [6.45, 7) is 0.851. The molecule has 2 nitrogen and oxygen atoms in total. The molecule has 0 radical (unpaired) electrons. The maximum atomic E-state index is 12.3. The van der Waals surface area contributed by atoms with Crippen LogP contribution in [0.3, 0.4) is 0 Å². The number of halogens is 3. The van der Waals surface area contributed by atoms with Gasteiger partial charge in [-0.3, -0.25) is 5.32 Å². The van der Waals surface area contributed by atoms with Crippen LogP contribution in [-0.2, 0) is 6.18 Å². The first-order chi connectivity index (χ1) is 7.05. The van der Waals surface area contributed by atoms with E-state index in [9.17, 15) is 13.2 Å².